The summed E-state index contributed by atoms with van der Waals surface area (Å²) in [4.78, 5) is 24.7. The van der Waals surface area contributed by atoms with Crippen LogP contribution in [0, 0.1) is 5.21 Å². The van der Waals surface area contributed by atoms with Crippen molar-refractivity contribution in [2.45, 2.75) is 31.5 Å². The smallest absolute Gasteiger partial charge is 0.433 e. The quantitative estimate of drug-likeness (QED) is 0.124. The molecule has 0 unspecified atom stereocenters. The van der Waals surface area contributed by atoms with Gasteiger partial charge in [0, 0.05) is 48.5 Å². The molecule has 2 aromatic heterocycles. The van der Waals surface area contributed by atoms with Gasteiger partial charge in [-0.05, 0) is 29.8 Å². The van der Waals surface area contributed by atoms with E-state index in [0.717, 1.165) is 17.2 Å². The lowest BCUT2D eigenvalue weighted by Crippen LogP contribution is -2.47. The summed E-state index contributed by atoms with van der Waals surface area (Å²) in [5, 5.41) is 16.6. The summed E-state index contributed by atoms with van der Waals surface area (Å²) >= 11 is 11.7. The molecule has 4 rings (SSSR count). The zero-order chi connectivity index (χ0) is 30.5. The van der Waals surface area contributed by atoms with Crippen molar-refractivity contribution in [3.05, 3.63) is 111 Å². The van der Waals surface area contributed by atoms with Gasteiger partial charge in [0.15, 0.2) is 0 Å². The van der Waals surface area contributed by atoms with Crippen LogP contribution in [0.1, 0.15) is 51.6 Å². The number of rotatable bonds is 8. The largest absolute Gasteiger partial charge is 0.633 e. The minimum absolute atomic E-state index is 0.0950. The summed E-state index contributed by atoms with van der Waals surface area (Å²) in [6, 6.07) is 12.0. The van der Waals surface area contributed by atoms with Gasteiger partial charge in [-0.1, -0.05) is 54.0 Å². The number of aromatic nitrogens is 2. The van der Waals surface area contributed by atoms with Crippen molar-refractivity contribution < 1.29 is 22.6 Å². The Morgan fingerprint density at radius 1 is 1.17 bits per heavy atom. The van der Waals surface area contributed by atoms with E-state index in [9.17, 15) is 23.2 Å². The number of quaternary nitrogens is 1. The molecule has 220 valence electrons. The second-order valence-corrected chi connectivity index (χ2v) is 10.7. The van der Waals surface area contributed by atoms with Gasteiger partial charge in [0.25, 0.3) is 5.91 Å². The fraction of sp³-hybridized carbons (Fsp3) is 0.241. The maximum absolute atomic E-state index is 13.6. The van der Waals surface area contributed by atoms with Crippen molar-refractivity contribution in [2.75, 3.05) is 18.4 Å². The number of pyridine rings is 2. The number of carbonyl (C=O) groups excluding carboxylic acids is 1. The number of amides is 1. The predicted octanol–water partition coefficient (Wildman–Crippen LogP) is 6.87. The number of benzene rings is 1. The van der Waals surface area contributed by atoms with E-state index in [4.69, 9.17) is 28.9 Å². The third-order valence-electron chi connectivity index (χ3n) is 6.87. The monoisotopic (exact) mass is 618 g/mol. The van der Waals surface area contributed by atoms with Crippen LogP contribution in [0.3, 0.4) is 0 Å². The van der Waals surface area contributed by atoms with Crippen LogP contribution >= 0.6 is 23.2 Å². The van der Waals surface area contributed by atoms with Crippen LogP contribution in [-0.4, -0.2) is 39.8 Å². The molecule has 0 bridgehead atoms. The van der Waals surface area contributed by atoms with Gasteiger partial charge >= 0.3 is 6.18 Å². The first-order chi connectivity index (χ1) is 19.9. The number of nitrogens with two attached hydrogens (primary N) is 1. The molecule has 0 spiro atoms. The average molecular weight is 619 g/mol. The maximum Gasteiger partial charge on any atom is 0.433 e. The third-order valence-corrected chi connectivity index (χ3v) is 7.30. The van der Waals surface area contributed by atoms with Crippen molar-refractivity contribution in [1.82, 2.24) is 9.97 Å². The Kier molecular flexibility index (Phi) is 9.67. The van der Waals surface area contributed by atoms with E-state index in [1.807, 2.05) is 12.1 Å². The van der Waals surface area contributed by atoms with Gasteiger partial charge in [0.2, 0.25) is 0 Å². The average Bonchev–Trinajstić information content (AvgIpc) is 2.96. The van der Waals surface area contributed by atoms with Gasteiger partial charge in [0.05, 0.1) is 35.2 Å². The van der Waals surface area contributed by atoms with Gasteiger partial charge in [0.1, 0.15) is 17.4 Å². The Labute approximate surface area is 250 Å². The number of halogens is 5. The Balaban J connectivity index is 1.47. The molecule has 1 aromatic carbocycles. The topological polar surface area (TPSA) is 116 Å². The number of hydrogen-bond donors (Lipinski definition) is 2. The summed E-state index contributed by atoms with van der Waals surface area (Å²) in [5.41, 5.74) is 6.70. The van der Waals surface area contributed by atoms with Crippen molar-refractivity contribution in [1.29, 1.82) is 0 Å². The maximum atomic E-state index is 13.6. The van der Waals surface area contributed by atoms with Crippen LogP contribution < -0.4 is 11.1 Å². The lowest BCUT2D eigenvalue weighted by Gasteiger charge is -2.47. The summed E-state index contributed by atoms with van der Waals surface area (Å²) in [6.45, 7) is 4.41. The predicted molar refractivity (Wildman–Crippen MR) is 158 cm³/mol. The van der Waals surface area contributed by atoms with Gasteiger partial charge in [-0.15, -0.1) is 0 Å². The molecule has 3 aromatic rings. The van der Waals surface area contributed by atoms with Crippen molar-refractivity contribution in [2.24, 2.45) is 10.7 Å². The highest BCUT2D eigenvalue weighted by molar-refractivity contribution is 6.39. The zero-order valence-corrected chi connectivity index (χ0v) is 23.8. The number of hydroxylamine groups is 3. The Hall–Kier alpha value is -3.77. The molecular weight excluding hydrogens is 592 g/mol. The van der Waals surface area contributed by atoms with Crippen molar-refractivity contribution in [3.63, 3.8) is 0 Å². The lowest BCUT2D eigenvalue weighted by atomic mass is 9.91. The first-order valence-corrected chi connectivity index (χ1v) is 13.6. The lowest BCUT2D eigenvalue weighted by molar-refractivity contribution is -0.899. The standard InChI is InChI=1S/C29H27Cl2F3N6O2/c1-18(37-16-23(30)15-35)20-4-2-19(3-5-20)17-40(42)12-9-21(10-13-40)27-24(6-7-25(39-27)29(32,33)34)38-28(41)22-8-11-36-26(31)14-22/h2-8,11,14-16,21H,1,9-10,12-13,17,35H2,(H,38,41)/b23-15+,37-16?. The van der Waals surface area contributed by atoms with E-state index in [0.29, 0.717) is 18.5 Å². The van der Waals surface area contributed by atoms with Crippen LogP contribution in [-0.2, 0) is 12.7 Å². The molecular formula is C29H27Cl2F3N6O2. The minimum atomic E-state index is -4.67. The van der Waals surface area contributed by atoms with E-state index in [2.05, 4.69) is 26.9 Å². The summed E-state index contributed by atoms with van der Waals surface area (Å²) in [7, 11) is 0. The van der Waals surface area contributed by atoms with Crippen LogP contribution in [0.2, 0.25) is 5.15 Å². The SMILES string of the molecule is C=C(N=C/C(Cl)=C\N)c1ccc(C[N+]2([O-])CCC(c3nc(C(F)(F)F)ccc3NC(=O)c3ccnc(Cl)c3)CC2)cc1. The minimum Gasteiger partial charge on any atom is -0.633 e. The highest BCUT2D eigenvalue weighted by Crippen LogP contribution is 2.38. The number of aliphatic imine (C=N–C) groups is 1. The summed E-state index contributed by atoms with van der Waals surface area (Å²) < 4.78 is 40.0. The normalized spacial score (nSPS) is 19.6. The Morgan fingerprint density at radius 3 is 2.48 bits per heavy atom. The fourth-order valence-electron chi connectivity index (χ4n) is 4.65. The van der Waals surface area contributed by atoms with Crippen molar-refractivity contribution >= 4 is 46.7 Å². The molecule has 13 heteroatoms. The van der Waals surface area contributed by atoms with Crippen LogP contribution in [0.25, 0.3) is 5.70 Å². The molecule has 0 saturated carbocycles. The highest BCUT2D eigenvalue weighted by atomic mass is 35.5. The Bertz CT molecular complexity index is 1520. The number of alkyl halides is 3. The van der Waals surface area contributed by atoms with Crippen LogP contribution in [0.15, 0.2) is 77.5 Å². The summed E-state index contributed by atoms with van der Waals surface area (Å²) in [6.07, 6.45) is -0.142. The molecule has 1 aliphatic rings. The van der Waals surface area contributed by atoms with Gasteiger partial charge in [-0.3, -0.25) is 9.79 Å². The number of nitrogens with zero attached hydrogens (tertiary/aromatic N) is 4. The van der Waals surface area contributed by atoms with Crippen LogP contribution in [0.5, 0.6) is 0 Å². The fourth-order valence-corrected chi connectivity index (χ4v) is 4.87. The van der Waals surface area contributed by atoms with E-state index in [-0.39, 0.29) is 46.8 Å². The van der Waals surface area contributed by atoms with E-state index >= 15 is 0 Å². The van der Waals surface area contributed by atoms with Gasteiger partial charge in [-0.2, -0.15) is 13.2 Å². The molecule has 42 heavy (non-hydrogen) atoms. The first-order valence-electron chi connectivity index (χ1n) is 12.8. The number of anilines is 1. The van der Waals surface area contributed by atoms with Gasteiger partial charge < -0.3 is 20.9 Å². The van der Waals surface area contributed by atoms with Crippen LogP contribution in [0.4, 0.5) is 18.9 Å². The molecule has 0 atom stereocenters. The number of carbonyl (C=O) groups is 1. The highest BCUT2D eigenvalue weighted by Gasteiger charge is 2.36. The molecule has 1 fully saturated rings. The zero-order valence-electron chi connectivity index (χ0n) is 22.2. The molecule has 8 nitrogen and oxygen atoms in total. The molecule has 3 heterocycles. The molecule has 1 saturated heterocycles. The number of allylic oxidation sites excluding steroid dienone is 1. The van der Waals surface area contributed by atoms with E-state index in [1.54, 1.807) is 12.1 Å². The van der Waals surface area contributed by atoms with E-state index in [1.165, 1.54) is 36.8 Å². The third kappa shape index (κ3) is 7.95. The summed E-state index contributed by atoms with van der Waals surface area (Å²) in [5.74, 6) is -1.02. The van der Waals surface area contributed by atoms with Crippen molar-refractivity contribution in [3.8, 4) is 0 Å². The van der Waals surface area contributed by atoms with Gasteiger partial charge in [-0.25, -0.2) is 9.97 Å². The molecule has 1 amide bonds. The second-order valence-electron chi connectivity index (χ2n) is 9.84. The number of nitrogens with one attached hydrogen (secondary N) is 1. The molecule has 1 aliphatic heterocycles. The first kappa shape index (κ1) is 31.2. The number of hydrogen-bond acceptors (Lipinski definition) is 6. The van der Waals surface area contributed by atoms with E-state index < -0.39 is 28.3 Å². The number of piperidine rings is 1. The molecule has 0 aliphatic carbocycles. The number of likely N-dealkylation sites (tertiary alicyclic amines) is 1. The molecule has 0 radical (unpaired) electrons. The second kappa shape index (κ2) is 13.0. The molecule has 3 N–H and O–H groups in total. The Morgan fingerprint density at radius 2 is 1.86 bits per heavy atom.